The Morgan fingerprint density at radius 1 is 0.926 bits per heavy atom. The number of para-hydroxylation sites is 1. The van der Waals surface area contributed by atoms with Gasteiger partial charge in [-0.2, -0.15) is 0 Å². The molecular weight excluding hydrogens is 340 g/mol. The molecule has 1 heterocycles. The first-order valence-corrected chi connectivity index (χ1v) is 9.30. The molecule has 1 fully saturated rings. The first kappa shape index (κ1) is 18.8. The molecular formula is C21H26N4O2. The fraction of sp³-hybridized carbons (Fsp3) is 0.333. The number of anilines is 1. The number of nitrogens with zero attached hydrogens (tertiary/aromatic N) is 2. The van der Waals surface area contributed by atoms with E-state index in [1.54, 1.807) is 11.8 Å². The van der Waals surface area contributed by atoms with E-state index in [-0.39, 0.29) is 11.9 Å². The average Bonchev–Trinajstić information content (AvgIpc) is 2.73. The summed E-state index contributed by atoms with van der Waals surface area (Å²) in [6, 6.07) is 19.1. The molecule has 6 nitrogen and oxygen atoms in total. The second-order valence-corrected chi connectivity index (χ2v) is 6.68. The molecule has 2 aromatic rings. The summed E-state index contributed by atoms with van der Waals surface area (Å²) in [4.78, 5) is 28.7. The quantitative estimate of drug-likeness (QED) is 0.853. The maximum Gasteiger partial charge on any atom is 0.318 e. The van der Waals surface area contributed by atoms with Gasteiger partial charge in [-0.15, -0.1) is 0 Å². The van der Waals surface area contributed by atoms with Gasteiger partial charge in [0, 0.05) is 38.4 Å². The van der Waals surface area contributed by atoms with Crippen LogP contribution in [0.1, 0.15) is 12.5 Å². The summed E-state index contributed by atoms with van der Waals surface area (Å²) < 4.78 is 0. The number of urea groups is 1. The molecule has 1 saturated heterocycles. The molecule has 0 unspecified atom stereocenters. The van der Waals surface area contributed by atoms with Gasteiger partial charge >= 0.3 is 6.03 Å². The number of piperazine rings is 1. The second kappa shape index (κ2) is 9.07. The number of carbonyl (C=O) groups is 2. The minimum atomic E-state index is -0.576. The van der Waals surface area contributed by atoms with Crippen molar-refractivity contribution >= 4 is 17.6 Å². The standard InChI is InChI=1S/C21H26N4O2/c1-17(20(26)22-16-18-8-4-2-5-9-18)23-21(27)25-14-12-24(13-15-25)19-10-6-3-7-11-19/h2-11,17H,12-16H2,1H3,(H,22,26)(H,23,27)/t17-/m0/s1. The summed E-state index contributed by atoms with van der Waals surface area (Å²) in [5.41, 5.74) is 2.20. The smallest absolute Gasteiger partial charge is 0.318 e. The Labute approximate surface area is 160 Å². The highest BCUT2D eigenvalue weighted by Gasteiger charge is 2.24. The number of hydrogen-bond donors (Lipinski definition) is 2. The molecule has 1 aliphatic heterocycles. The van der Waals surface area contributed by atoms with Crippen LogP contribution < -0.4 is 15.5 Å². The van der Waals surface area contributed by atoms with E-state index >= 15 is 0 Å². The first-order valence-electron chi connectivity index (χ1n) is 9.30. The molecule has 0 aromatic heterocycles. The summed E-state index contributed by atoms with van der Waals surface area (Å²) in [7, 11) is 0. The molecule has 3 rings (SSSR count). The number of rotatable bonds is 5. The molecule has 0 bridgehead atoms. The molecule has 2 aromatic carbocycles. The largest absolute Gasteiger partial charge is 0.368 e. The summed E-state index contributed by atoms with van der Waals surface area (Å²) >= 11 is 0. The van der Waals surface area contributed by atoms with Crippen LogP contribution in [-0.2, 0) is 11.3 Å². The van der Waals surface area contributed by atoms with Crippen molar-refractivity contribution in [3.63, 3.8) is 0 Å². The average molecular weight is 366 g/mol. The van der Waals surface area contributed by atoms with E-state index < -0.39 is 6.04 Å². The minimum Gasteiger partial charge on any atom is -0.368 e. The molecule has 0 aliphatic carbocycles. The van der Waals surface area contributed by atoms with Gasteiger partial charge in [0.15, 0.2) is 0 Å². The summed E-state index contributed by atoms with van der Waals surface area (Å²) in [6.07, 6.45) is 0. The van der Waals surface area contributed by atoms with Crippen molar-refractivity contribution in [2.24, 2.45) is 0 Å². The van der Waals surface area contributed by atoms with E-state index in [9.17, 15) is 9.59 Å². The zero-order chi connectivity index (χ0) is 19.1. The lowest BCUT2D eigenvalue weighted by molar-refractivity contribution is -0.122. The zero-order valence-electron chi connectivity index (χ0n) is 15.6. The third-order valence-electron chi connectivity index (χ3n) is 4.73. The zero-order valence-corrected chi connectivity index (χ0v) is 15.6. The Morgan fingerprint density at radius 3 is 2.15 bits per heavy atom. The van der Waals surface area contributed by atoms with E-state index in [0.29, 0.717) is 19.6 Å². The molecule has 0 saturated carbocycles. The molecule has 6 heteroatoms. The molecule has 0 spiro atoms. The highest BCUT2D eigenvalue weighted by molar-refractivity contribution is 5.86. The maximum atomic E-state index is 12.4. The highest BCUT2D eigenvalue weighted by Crippen LogP contribution is 2.15. The lowest BCUT2D eigenvalue weighted by Gasteiger charge is -2.36. The molecule has 142 valence electrons. The molecule has 1 atom stereocenters. The number of amides is 3. The fourth-order valence-electron chi connectivity index (χ4n) is 3.09. The van der Waals surface area contributed by atoms with Crippen molar-refractivity contribution in [1.29, 1.82) is 0 Å². The van der Waals surface area contributed by atoms with Crippen LogP contribution in [0.25, 0.3) is 0 Å². The van der Waals surface area contributed by atoms with Crippen LogP contribution in [0.15, 0.2) is 60.7 Å². The summed E-state index contributed by atoms with van der Waals surface area (Å²) in [5.74, 6) is -0.185. The van der Waals surface area contributed by atoms with Crippen LogP contribution in [0.4, 0.5) is 10.5 Å². The summed E-state index contributed by atoms with van der Waals surface area (Å²) in [5, 5.41) is 5.65. The maximum absolute atomic E-state index is 12.4. The van der Waals surface area contributed by atoms with Gasteiger partial charge in [0.05, 0.1) is 0 Å². The van der Waals surface area contributed by atoms with E-state index in [1.165, 1.54) is 5.69 Å². The van der Waals surface area contributed by atoms with Crippen molar-refractivity contribution in [2.45, 2.75) is 19.5 Å². The monoisotopic (exact) mass is 366 g/mol. The third-order valence-corrected chi connectivity index (χ3v) is 4.73. The number of carbonyl (C=O) groups excluding carboxylic acids is 2. The van der Waals surface area contributed by atoms with E-state index in [4.69, 9.17) is 0 Å². The first-order chi connectivity index (χ1) is 13.1. The van der Waals surface area contributed by atoms with Gasteiger partial charge in [-0.1, -0.05) is 48.5 Å². The number of hydrogen-bond acceptors (Lipinski definition) is 3. The Hall–Kier alpha value is -3.02. The van der Waals surface area contributed by atoms with Crippen LogP contribution >= 0.6 is 0 Å². The van der Waals surface area contributed by atoms with Gasteiger partial charge in [0.1, 0.15) is 6.04 Å². The molecule has 1 aliphatic rings. The van der Waals surface area contributed by atoms with E-state index in [2.05, 4.69) is 27.7 Å². The predicted molar refractivity (Wildman–Crippen MR) is 107 cm³/mol. The lowest BCUT2D eigenvalue weighted by atomic mass is 10.2. The molecule has 3 amide bonds. The SMILES string of the molecule is C[C@H](NC(=O)N1CCN(c2ccccc2)CC1)C(=O)NCc1ccccc1. The number of nitrogens with one attached hydrogen (secondary N) is 2. The molecule has 27 heavy (non-hydrogen) atoms. The Kier molecular flexibility index (Phi) is 6.30. The molecule has 2 N–H and O–H groups in total. The summed E-state index contributed by atoms with van der Waals surface area (Å²) in [6.45, 7) is 5.00. The van der Waals surface area contributed by atoms with Gasteiger partial charge in [-0.3, -0.25) is 4.79 Å². The van der Waals surface area contributed by atoms with Crippen molar-refractivity contribution < 1.29 is 9.59 Å². The topological polar surface area (TPSA) is 64.7 Å². The van der Waals surface area contributed by atoms with Gasteiger partial charge in [0.25, 0.3) is 0 Å². The predicted octanol–water partition coefficient (Wildman–Crippen LogP) is 2.22. The van der Waals surface area contributed by atoms with Crippen molar-refractivity contribution in [3.05, 3.63) is 66.2 Å². The highest BCUT2D eigenvalue weighted by atomic mass is 16.2. The third kappa shape index (κ3) is 5.23. The minimum absolute atomic E-state index is 0.185. The molecule has 0 radical (unpaired) electrons. The number of benzene rings is 2. The van der Waals surface area contributed by atoms with Crippen molar-refractivity contribution in [2.75, 3.05) is 31.1 Å². The van der Waals surface area contributed by atoms with Crippen LogP contribution in [0.5, 0.6) is 0 Å². The Morgan fingerprint density at radius 2 is 1.52 bits per heavy atom. The van der Waals surface area contributed by atoms with Crippen LogP contribution in [0, 0.1) is 0 Å². The normalized spacial score (nSPS) is 15.1. The lowest BCUT2D eigenvalue weighted by Crippen LogP contribution is -2.55. The fourth-order valence-corrected chi connectivity index (χ4v) is 3.09. The van der Waals surface area contributed by atoms with E-state index in [1.807, 2.05) is 48.5 Å². The second-order valence-electron chi connectivity index (χ2n) is 6.68. The van der Waals surface area contributed by atoms with Crippen LogP contribution in [-0.4, -0.2) is 49.1 Å². The van der Waals surface area contributed by atoms with Gasteiger partial charge in [-0.25, -0.2) is 4.79 Å². The Balaban J connectivity index is 1.42. The van der Waals surface area contributed by atoms with E-state index in [0.717, 1.165) is 18.7 Å². The van der Waals surface area contributed by atoms with Crippen molar-refractivity contribution in [1.82, 2.24) is 15.5 Å². The van der Waals surface area contributed by atoms with Crippen LogP contribution in [0.3, 0.4) is 0 Å². The van der Waals surface area contributed by atoms with Crippen LogP contribution in [0.2, 0.25) is 0 Å². The Bertz CT molecular complexity index is 743. The van der Waals surface area contributed by atoms with Crippen molar-refractivity contribution in [3.8, 4) is 0 Å². The van der Waals surface area contributed by atoms with Gasteiger partial charge in [-0.05, 0) is 24.6 Å². The van der Waals surface area contributed by atoms with Gasteiger partial charge < -0.3 is 20.4 Å². The van der Waals surface area contributed by atoms with Gasteiger partial charge in [0.2, 0.25) is 5.91 Å².